The monoisotopic (exact) mass is 245 g/mol. The van der Waals surface area contributed by atoms with Crippen LogP contribution in [0.5, 0.6) is 0 Å². The van der Waals surface area contributed by atoms with E-state index in [2.05, 4.69) is 6.58 Å². The van der Waals surface area contributed by atoms with Crippen molar-refractivity contribution in [3.8, 4) is 0 Å². The second kappa shape index (κ2) is 9.27. The number of esters is 1. The average Bonchev–Trinajstić information content (AvgIpc) is 2.26. The van der Waals surface area contributed by atoms with Gasteiger partial charge in [0.25, 0.3) is 0 Å². The number of hydrogen-bond donors (Lipinski definition) is 0. The minimum atomic E-state index is -0.263. The Morgan fingerprint density at radius 1 is 1.50 bits per heavy atom. The fourth-order valence-electron chi connectivity index (χ4n) is 0.957. The first-order valence-electron chi connectivity index (χ1n) is 5.20. The van der Waals surface area contributed by atoms with Crippen LogP contribution in [0.3, 0.4) is 0 Å². The second-order valence-electron chi connectivity index (χ2n) is 3.17. The van der Waals surface area contributed by atoms with Gasteiger partial charge in [0, 0.05) is 19.3 Å². The standard InChI is InChI=1S/C11H19NO3S/c1-4-8-16-9-10(13)12(3)7-6-11(14)15-5-2/h4H,1,5-9H2,2-3H3. The summed E-state index contributed by atoms with van der Waals surface area (Å²) in [6.07, 6.45) is 2.01. The van der Waals surface area contributed by atoms with Crippen LogP contribution in [0.2, 0.25) is 0 Å². The van der Waals surface area contributed by atoms with E-state index in [0.717, 1.165) is 5.75 Å². The molecule has 0 saturated carbocycles. The van der Waals surface area contributed by atoms with Gasteiger partial charge in [-0.05, 0) is 6.92 Å². The van der Waals surface area contributed by atoms with E-state index in [1.807, 2.05) is 0 Å². The number of ether oxygens (including phenoxy) is 1. The van der Waals surface area contributed by atoms with Gasteiger partial charge in [-0.15, -0.1) is 18.3 Å². The zero-order valence-electron chi connectivity index (χ0n) is 9.90. The van der Waals surface area contributed by atoms with Gasteiger partial charge >= 0.3 is 5.97 Å². The highest BCUT2D eigenvalue weighted by molar-refractivity contribution is 8.00. The molecule has 0 aromatic heterocycles. The van der Waals surface area contributed by atoms with Gasteiger partial charge in [0.2, 0.25) is 5.91 Å². The Bertz CT molecular complexity index is 243. The Labute approximate surface area is 101 Å². The molecule has 0 fully saturated rings. The molecular formula is C11H19NO3S. The van der Waals surface area contributed by atoms with Crippen molar-refractivity contribution in [2.24, 2.45) is 0 Å². The summed E-state index contributed by atoms with van der Waals surface area (Å²) in [6.45, 7) is 6.13. The third-order valence-electron chi connectivity index (χ3n) is 1.84. The average molecular weight is 245 g/mol. The second-order valence-corrected chi connectivity index (χ2v) is 4.20. The van der Waals surface area contributed by atoms with Crippen molar-refractivity contribution in [3.05, 3.63) is 12.7 Å². The molecule has 0 aliphatic rings. The molecule has 0 aliphatic carbocycles. The van der Waals surface area contributed by atoms with Crippen molar-refractivity contribution >= 4 is 23.6 Å². The molecule has 5 heteroatoms. The molecule has 4 nitrogen and oxygen atoms in total. The van der Waals surface area contributed by atoms with E-state index in [4.69, 9.17) is 4.74 Å². The SMILES string of the molecule is C=CCSCC(=O)N(C)CCC(=O)OCC. The summed E-state index contributed by atoms with van der Waals surface area (Å²) in [5.41, 5.74) is 0. The Morgan fingerprint density at radius 2 is 2.19 bits per heavy atom. The highest BCUT2D eigenvalue weighted by Gasteiger charge is 2.10. The number of carbonyl (C=O) groups is 2. The normalized spacial score (nSPS) is 9.62. The molecule has 1 amide bonds. The Morgan fingerprint density at radius 3 is 2.75 bits per heavy atom. The predicted octanol–water partition coefficient (Wildman–Crippen LogP) is 1.32. The van der Waals surface area contributed by atoms with Gasteiger partial charge < -0.3 is 9.64 Å². The number of rotatable bonds is 8. The first-order chi connectivity index (χ1) is 7.61. The zero-order valence-corrected chi connectivity index (χ0v) is 10.7. The third kappa shape index (κ3) is 7.34. The Hall–Kier alpha value is -0.970. The van der Waals surface area contributed by atoms with Gasteiger partial charge in [0.15, 0.2) is 0 Å². The molecule has 0 radical (unpaired) electrons. The molecule has 0 saturated heterocycles. The van der Waals surface area contributed by atoms with E-state index in [9.17, 15) is 9.59 Å². The van der Waals surface area contributed by atoms with Crippen molar-refractivity contribution in [1.29, 1.82) is 0 Å². The molecule has 0 aromatic rings. The molecule has 0 rings (SSSR count). The molecule has 0 spiro atoms. The fraction of sp³-hybridized carbons (Fsp3) is 0.636. The van der Waals surface area contributed by atoms with E-state index in [1.165, 1.54) is 11.8 Å². The largest absolute Gasteiger partial charge is 0.466 e. The molecule has 0 unspecified atom stereocenters. The van der Waals surface area contributed by atoms with Crippen molar-refractivity contribution in [2.75, 3.05) is 31.7 Å². The fourth-order valence-corrected chi connectivity index (χ4v) is 1.64. The summed E-state index contributed by atoms with van der Waals surface area (Å²) < 4.78 is 4.78. The van der Waals surface area contributed by atoms with Gasteiger partial charge in [-0.1, -0.05) is 6.08 Å². The molecule has 0 atom stereocenters. The lowest BCUT2D eigenvalue weighted by Gasteiger charge is -2.16. The van der Waals surface area contributed by atoms with Gasteiger partial charge in [-0.25, -0.2) is 0 Å². The summed E-state index contributed by atoms with van der Waals surface area (Å²) in [5, 5.41) is 0. The number of hydrogen-bond acceptors (Lipinski definition) is 4. The first kappa shape index (κ1) is 15.0. The van der Waals surface area contributed by atoms with E-state index < -0.39 is 0 Å². The minimum Gasteiger partial charge on any atom is -0.466 e. The van der Waals surface area contributed by atoms with Crippen LogP contribution in [0.1, 0.15) is 13.3 Å². The summed E-state index contributed by atoms with van der Waals surface area (Å²) in [5.74, 6) is 0.944. The van der Waals surface area contributed by atoms with Crippen molar-refractivity contribution in [1.82, 2.24) is 4.90 Å². The van der Waals surface area contributed by atoms with E-state index in [0.29, 0.717) is 18.9 Å². The minimum absolute atomic E-state index is 0.0242. The molecule has 0 aromatic carbocycles. The number of thioether (sulfide) groups is 1. The third-order valence-corrected chi connectivity index (χ3v) is 2.77. The van der Waals surface area contributed by atoms with Crippen LogP contribution in [0, 0.1) is 0 Å². The summed E-state index contributed by atoms with van der Waals surface area (Å²) in [7, 11) is 1.69. The van der Waals surface area contributed by atoms with Crippen LogP contribution in [-0.2, 0) is 14.3 Å². The maximum Gasteiger partial charge on any atom is 0.307 e. The number of amides is 1. The highest BCUT2D eigenvalue weighted by atomic mass is 32.2. The first-order valence-corrected chi connectivity index (χ1v) is 6.35. The summed E-state index contributed by atoms with van der Waals surface area (Å²) in [4.78, 5) is 24.1. The Kier molecular flexibility index (Phi) is 8.71. The van der Waals surface area contributed by atoms with Crippen molar-refractivity contribution in [2.45, 2.75) is 13.3 Å². The maximum atomic E-state index is 11.5. The topological polar surface area (TPSA) is 46.6 Å². The van der Waals surface area contributed by atoms with E-state index in [-0.39, 0.29) is 18.3 Å². The van der Waals surface area contributed by atoms with Crippen LogP contribution in [0.15, 0.2) is 12.7 Å². The van der Waals surface area contributed by atoms with Gasteiger partial charge in [-0.2, -0.15) is 0 Å². The smallest absolute Gasteiger partial charge is 0.307 e. The molecule has 0 heterocycles. The van der Waals surface area contributed by atoms with Gasteiger partial charge in [-0.3, -0.25) is 9.59 Å². The molecular weight excluding hydrogens is 226 g/mol. The molecule has 0 aliphatic heterocycles. The van der Waals surface area contributed by atoms with E-state index >= 15 is 0 Å². The molecule has 0 N–H and O–H groups in total. The Balaban J connectivity index is 3.69. The summed E-state index contributed by atoms with van der Waals surface area (Å²) in [6, 6.07) is 0. The molecule has 16 heavy (non-hydrogen) atoms. The van der Waals surface area contributed by atoms with Crippen LogP contribution in [-0.4, -0.2) is 48.5 Å². The van der Waals surface area contributed by atoms with Gasteiger partial charge in [0.1, 0.15) is 0 Å². The van der Waals surface area contributed by atoms with Crippen molar-refractivity contribution in [3.63, 3.8) is 0 Å². The number of carbonyl (C=O) groups excluding carboxylic acids is 2. The van der Waals surface area contributed by atoms with Crippen LogP contribution in [0.25, 0.3) is 0 Å². The predicted molar refractivity (Wildman–Crippen MR) is 66.4 cm³/mol. The van der Waals surface area contributed by atoms with Gasteiger partial charge in [0.05, 0.1) is 18.8 Å². The quantitative estimate of drug-likeness (QED) is 0.367. The highest BCUT2D eigenvalue weighted by Crippen LogP contribution is 2.02. The van der Waals surface area contributed by atoms with E-state index in [1.54, 1.807) is 24.9 Å². The lowest BCUT2D eigenvalue weighted by atomic mass is 10.4. The van der Waals surface area contributed by atoms with Crippen LogP contribution in [0.4, 0.5) is 0 Å². The lowest BCUT2D eigenvalue weighted by Crippen LogP contribution is -2.30. The molecule has 0 bridgehead atoms. The van der Waals surface area contributed by atoms with Crippen LogP contribution >= 0.6 is 11.8 Å². The summed E-state index contributed by atoms with van der Waals surface area (Å²) >= 11 is 1.51. The lowest BCUT2D eigenvalue weighted by molar-refractivity contribution is -0.143. The van der Waals surface area contributed by atoms with Crippen LogP contribution < -0.4 is 0 Å². The molecule has 92 valence electrons. The maximum absolute atomic E-state index is 11.5. The zero-order chi connectivity index (χ0) is 12.4. The van der Waals surface area contributed by atoms with Crippen molar-refractivity contribution < 1.29 is 14.3 Å². The number of nitrogens with zero attached hydrogens (tertiary/aromatic N) is 1.